The van der Waals surface area contributed by atoms with Gasteiger partial charge in [-0.1, -0.05) is 6.07 Å². The molecule has 1 aliphatic rings. The van der Waals surface area contributed by atoms with Crippen LogP contribution in [0.2, 0.25) is 0 Å². The molecule has 1 amide bonds. The Hall–Kier alpha value is -0.390. The summed E-state index contributed by atoms with van der Waals surface area (Å²) in [6.07, 6.45) is 4.00. The predicted molar refractivity (Wildman–Crippen MR) is 85.3 cm³/mol. The fourth-order valence-corrected chi connectivity index (χ4v) is 3.52. The molecule has 1 fully saturated rings. The van der Waals surface area contributed by atoms with Crippen LogP contribution in [0.3, 0.4) is 0 Å². The molecule has 5 heteroatoms. The molecule has 0 aromatic heterocycles. The summed E-state index contributed by atoms with van der Waals surface area (Å²) in [6, 6.07) is 5.77. The molecule has 0 aliphatic carbocycles. The Kier molecular flexibility index (Phi) is 5.85. The Morgan fingerprint density at radius 2 is 2.11 bits per heavy atom. The third-order valence-corrected chi connectivity index (χ3v) is 4.73. The van der Waals surface area contributed by atoms with Gasteiger partial charge in [0.2, 0.25) is 5.91 Å². The lowest BCUT2D eigenvalue weighted by Crippen LogP contribution is -2.30. The molecular weight excluding hydrogens is 372 g/mol. The lowest BCUT2D eigenvalue weighted by atomic mass is 9.94. The molecule has 1 aromatic rings. The van der Waals surface area contributed by atoms with Gasteiger partial charge >= 0.3 is 0 Å². The van der Waals surface area contributed by atoms with Crippen LogP contribution in [0.4, 0.5) is 5.69 Å². The molecule has 0 saturated carbocycles. The van der Waals surface area contributed by atoms with Crippen LogP contribution >= 0.6 is 31.9 Å². The van der Waals surface area contributed by atoms with E-state index in [0.29, 0.717) is 12.3 Å². The van der Waals surface area contributed by atoms with Crippen molar-refractivity contribution in [3.05, 3.63) is 27.1 Å². The standard InChI is InChI=1S/C14H18Br2N2O/c15-11-4-1-5-12(16)14(11)18-13(19)7-6-10-3-2-8-17-9-10/h1,4-5,10,17H,2-3,6-9H2,(H,18,19). The van der Waals surface area contributed by atoms with E-state index < -0.39 is 0 Å². The highest BCUT2D eigenvalue weighted by atomic mass is 79.9. The Bertz CT molecular complexity index is 425. The van der Waals surface area contributed by atoms with Crippen molar-refractivity contribution in [2.75, 3.05) is 18.4 Å². The summed E-state index contributed by atoms with van der Waals surface area (Å²) in [5.41, 5.74) is 0.814. The van der Waals surface area contributed by atoms with Gasteiger partial charge in [0, 0.05) is 15.4 Å². The third kappa shape index (κ3) is 4.58. The van der Waals surface area contributed by atoms with E-state index in [0.717, 1.165) is 34.1 Å². The molecular formula is C14H18Br2N2O. The summed E-state index contributed by atoms with van der Waals surface area (Å²) in [7, 11) is 0. The number of hydrogen-bond donors (Lipinski definition) is 2. The first-order chi connectivity index (χ1) is 9.16. The molecule has 1 aromatic carbocycles. The number of carbonyl (C=O) groups is 1. The lowest BCUT2D eigenvalue weighted by Gasteiger charge is -2.22. The van der Waals surface area contributed by atoms with Gasteiger partial charge in [-0.25, -0.2) is 0 Å². The summed E-state index contributed by atoms with van der Waals surface area (Å²) in [5.74, 6) is 0.723. The average Bonchev–Trinajstić information content (AvgIpc) is 2.42. The largest absolute Gasteiger partial charge is 0.324 e. The number of anilines is 1. The minimum absolute atomic E-state index is 0.0816. The Balaban J connectivity index is 1.83. The third-order valence-electron chi connectivity index (χ3n) is 3.41. The van der Waals surface area contributed by atoms with Gasteiger partial charge in [-0.3, -0.25) is 4.79 Å². The zero-order valence-corrected chi connectivity index (χ0v) is 13.9. The molecule has 1 aliphatic heterocycles. The molecule has 1 unspecified atom stereocenters. The van der Waals surface area contributed by atoms with Crippen molar-refractivity contribution in [2.45, 2.75) is 25.7 Å². The molecule has 2 rings (SSSR count). The Morgan fingerprint density at radius 3 is 2.74 bits per heavy atom. The number of carbonyl (C=O) groups excluding carboxylic acids is 1. The van der Waals surface area contributed by atoms with Crippen LogP contribution in [0.5, 0.6) is 0 Å². The molecule has 1 atom stereocenters. The zero-order chi connectivity index (χ0) is 13.7. The van der Waals surface area contributed by atoms with Crippen molar-refractivity contribution < 1.29 is 4.79 Å². The van der Waals surface area contributed by atoms with Crippen LogP contribution in [-0.2, 0) is 4.79 Å². The van der Waals surface area contributed by atoms with Crippen LogP contribution in [-0.4, -0.2) is 19.0 Å². The van der Waals surface area contributed by atoms with E-state index >= 15 is 0 Å². The zero-order valence-electron chi connectivity index (χ0n) is 10.7. The topological polar surface area (TPSA) is 41.1 Å². The number of hydrogen-bond acceptors (Lipinski definition) is 2. The van der Waals surface area contributed by atoms with Gasteiger partial charge in [0.15, 0.2) is 0 Å². The van der Waals surface area contributed by atoms with Gasteiger partial charge in [0.05, 0.1) is 5.69 Å². The molecule has 0 spiro atoms. The normalized spacial score (nSPS) is 19.2. The number of para-hydroxylation sites is 1. The van der Waals surface area contributed by atoms with Crippen molar-refractivity contribution in [1.82, 2.24) is 5.32 Å². The molecule has 0 radical (unpaired) electrons. The molecule has 1 saturated heterocycles. The second-order valence-electron chi connectivity index (χ2n) is 4.90. The number of rotatable bonds is 4. The first-order valence-corrected chi connectivity index (χ1v) is 8.20. The maximum absolute atomic E-state index is 12.0. The number of piperidine rings is 1. The summed E-state index contributed by atoms with van der Waals surface area (Å²) >= 11 is 6.90. The lowest BCUT2D eigenvalue weighted by molar-refractivity contribution is -0.116. The van der Waals surface area contributed by atoms with Crippen LogP contribution in [0.25, 0.3) is 0 Å². The maximum Gasteiger partial charge on any atom is 0.224 e. The van der Waals surface area contributed by atoms with E-state index in [9.17, 15) is 4.79 Å². The van der Waals surface area contributed by atoms with Crippen molar-refractivity contribution in [3.8, 4) is 0 Å². The Morgan fingerprint density at radius 1 is 1.37 bits per heavy atom. The predicted octanol–water partition coefficient (Wildman–Crippen LogP) is 3.93. The van der Waals surface area contributed by atoms with E-state index in [1.165, 1.54) is 12.8 Å². The van der Waals surface area contributed by atoms with Gasteiger partial charge < -0.3 is 10.6 Å². The minimum Gasteiger partial charge on any atom is -0.324 e. The van der Waals surface area contributed by atoms with E-state index in [-0.39, 0.29) is 5.91 Å². The summed E-state index contributed by atoms with van der Waals surface area (Å²) in [4.78, 5) is 12.0. The first-order valence-electron chi connectivity index (χ1n) is 6.61. The molecule has 2 N–H and O–H groups in total. The molecule has 104 valence electrons. The van der Waals surface area contributed by atoms with Crippen molar-refractivity contribution in [3.63, 3.8) is 0 Å². The van der Waals surface area contributed by atoms with Gasteiger partial charge in [0.1, 0.15) is 0 Å². The number of benzene rings is 1. The fraction of sp³-hybridized carbons (Fsp3) is 0.500. The van der Waals surface area contributed by atoms with Crippen LogP contribution in [0.15, 0.2) is 27.1 Å². The quantitative estimate of drug-likeness (QED) is 0.818. The van der Waals surface area contributed by atoms with Crippen molar-refractivity contribution in [2.24, 2.45) is 5.92 Å². The van der Waals surface area contributed by atoms with E-state index in [1.54, 1.807) is 0 Å². The van der Waals surface area contributed by atoms with E-state index in [1.807, 2.05) is 18.2 Å². The highest BCUT2D eigenvalue weighted by Crippen LogP contribution is 2.30. The highest BCUT2D eigenvalue weighted by Gasteiger charge is 2.15. The number of nitrogens with one attached hydrogen (secondary N) is 2. The number of amides is 1. The number of halogens is 2. The molecule has 3 nitrogen and oxygen atoms in total. The van der Waals surface area contributed by atoms with Gasteiger partial charge in [-0.15, -0.1) is 0 Å². The van der Waals surface area contributed by atoms with Gasteiger partial charge in [0.25, 0.3) is 0 Å². The molecule has 0 bridgehead atoms. The second kappa shape index (κ2) is 7.41. The summed E-state index contributed by atoms with van der Waals surface area (Å²) in [6.45, 7) is 2.17. The highest BCUT2D eigenvalue weighted by molar-refractivity contribution is 9.11. The fourth-order valence-electron chi connectivity index (χ4n) is 2.32. The van der Waals surface area contributed by atoms with Crippen molar-refractivity contribution >= 4 is 43.5 Å². The second-order valence-corrected chi connectivity index (χ2v) is 6.60. The SMILES string of the molecule is O=C(CCC1CCCNC1)Nc1c(Br)cccc1Br. The monoisotopic (exact) mass is 388 g/mol. The van der Waals surface area contributed by atoms with Crippen LogP contribution in [0, 0.1) is 5.92 Å². The molecule has 1 heterocycles. The van der Waals surface area contributed by atoms with Gasteiger partial charge in [-0.2, -0.15) is 0 Å². The summed E-state index contributed by atoms with van der Waals surface area (Å²) < 4.78 is 1.80. The summed E-state index contributed by atoms with van der Waals surface area (Å²) in [5, 5.41) is 6.34. The van der Waals surface area contributed by atoms with Crippen LogP contribution in [0.1, 0.15) is 25.7 Å². The van der Waals surface area contributed by atoms with Gasteiger partial charge in [-0.05, 0) is 82.3 Å². The first kappa shape index (κ1) is 15.0. The maximum atomic E-state index is 12.0. The molecule has 19 heavy (non-hydrogen) atoms. The minimum atomic E-state index is 0.0816. The van der Waals surface area contributed by atoms with E-state index in [4.69, 9.17) is 0 Å². The van der Waals surface area contributed by atoms with Crippen molar-refractivity contribution in [1.29, 1.82) is 0 Å². The Labute approximate surface area is 130 Å². The van der Waals surface area contributed by atoms with E-state index in [2.05, 4.69) is 42.5 Å². The van der Waals surface area contributed by atoms with Crippen LogP contribution < -0.4 is 10.6 Å². The smallest absolute Gasteiger partial charge is 0.224 e. The average molecular weight is 390 g/mol.